The van der Waals surface area contributed by atoms with Gasteiger partial charge in [0.15, 0.2) is 9.84 Å². The minimum Gasteiger partial charge on any atom is -0.337 e. The van der Waals surface area contributed by atoms with E-state index in [0.717, 1.165) is 43.5 Å². The lowest BCUT2D eigenvalue weighted by Crippen LogP contribution is -2.10. The van der Waals surface area contributed by atoms with E-state index in [1.54, 1.807) is 37.6 Å². The highest BCUT2D eigenvalue weighted by atomic mass is 32.2. The first-order valence-electron chi connectivity index (χ1n) is 8.26. The van der Waals surface area contributed by atoms with Gasteiger partial charge in [-0.15, -0.1) is 0 Å². The van der Waals surface area contributed by atoms with Gasteiger partial charge in [-0.3, -0.25) is 10.3 Å². The van der Waals surface area contributed by atoms with Crippen LogP contribution in [0.25, 0.3) is 5.70 Å². The summed E-state index contributed by atoms with van der Waals surface area (Å²) in [6.45, 7) is 0.986. The Morgan fingerprint density at radius 2 is 2.00 bits per heavy atom. The Balaban J connectivity index is 1.87. The van der Waals surface area contributed by atoms with Crippen LogP contribution < -0.4 is 5.48 Å². The number of hydroxylamine groups is 1. The number of unbranched alkanes of at least 4 members (excludes halogenated alkanes) is 3. The number of imidazole rings is 1. The Morgan fingerprint density at radius 1 is 1.24 bits per heavy atom. The summed E-state index contributed by atoms with van der Waals surface area (Å²) in [6, 6.07) is 6.79. The lowest BCUT2D eigenvalue weighted by molar-refractivity contribution is 0.136. The van der Waals surface area contributed by atoms with Crippen molar-refractivity contribution in [3.8, 4) is 0 Å². The van der Waals surface area contributed by atoms with Crippen molar-refractivity contribution >= 4 is 15.5 Å². The van der Waals surface area contributed by atoms with Crippen molar-refractivity contribution in [2.45, 2.75) is 37.1 Å². The fourth-order valence-corrected chi connectivity index (χ4v) is 3.12. The first-order valence-corrected chi connectivity index (χ1v) is 10.2. The average molecular weight is 363 g/mol. The van der Waals surface area contributed by atoms with E-state index in [1.165, 1.54) is 6.26 Å². The van der Waals surface area contributed by atoms with Crippen LogP contribution in [0.5, 0.6) is 0 Å². The molecule has 0 aliphatic heterocycles. The molecular weight excluding hydrogens is 338 g/mol. The van der Waals surface area contributed by atoms with Gasteiger partial charge in [0.25, 0.3) is 0 Å². The Hall–Kier alpha value is -2.12. The zero-order chi connectivity index (χ0) is 18.1. The molecule has 0 atom stereocenters. The molecule has 0 amide bonds. The molecule has 2 rings (SSSR count). The van der Waals surface area contributed by atoms with Crippen molar-refractivity contribution in [2.75, 3.05) is 13.4 Å². The zero-order valence-corrected chi connectivity index (χ0v) is 15.5. The molecule has 0 aliphatic rings. The van der Waals surface area contributed by atoms with Gasteiger partial charge in [-0.05, 0) is 37.0 Å². The molecule has 136 valence electrons. The van der Waals surface area contributed by atoms with Gasteiger partial charge in [0.2, 0.25) is 0 Å². The van der Waals surface area contributed by atoms with Crippen molar-refractivity contribution in [3.63, 3.8) is 0 Å². The molecule has 0 saturated carbocycles. The highest BCUT2D eigenvalue weighted by Gasteiger charge is 2.08. The molecule has 0 fully saturated rings. The molecule has 6 nitrogen and oxygen atoms in total. The number of hydrogen-bond donors (Lipinski definition) is 1. The van der Waals surface area contributed by atoms with Crippen LogP contribution in [0.3, 0.4) is 0 Å². The minimum absolute atomic E-state index is 0.313. The van der Waals surface area contributed by atoms with Gasteiger partial charge in [-0.2, -0.15) is 0 Å². The fourth-order valence-electron chi connectivity index (χ4n) is 2.49. The van der Waals surface area contributed by atoms with Crippen LogP contribution in [-0.2, 0) is 21.2 Å². The van der Waals surface area contributed by atoms with Crippen LogP contribution in [0.2, 0.25) is 0 Å². The maximum absolute atomic E-state index is 11.5. The van der Waals surface area contributed by atoms with Crippen LogP contribution in [0.15, 0.2) is 54.0 Å². The normalized spacial score (nSPS) is 12.3. The molecule has 0 spiro atoms. The highest BCUT2D eigenvalue weighted by molar-refractivity contribution is 7.90. The number of nitrogens with one attached hydrogen (secondary N) is 1. The van der Waals surface area contributed by atoms with E-state index < -0.39 is 9.84 Å². The predicted octanol–water partition coefficient (Wildman–Crippen LogP) is 3.04. The van der Waals surface area contributed by atoms with Gasteiger partial charge in [0.05, 0.1) is 24.0 Å². The zero-order valence-electron chi connectivity index (χ0n) is 14.7. The van der Waals surface area contributed by atoms with Gasteiger partial charge < -0.3 is 4.57 Å². The number of allylic oxidation sites excluding steroid dienone is 1. The average Bonchev–Trinajstić information content (AvgIpc) is 3.10. The Labute approximate surface area is 149 Å². The van der Waals surface area contributed by atoms with Gasteiger partial charge >= 0.3 is 0 Å². The monoisotopic (exact) mass is 363 g/mol. The molecule has 0 saturated heterocycles. The van der Waals surface area contributed by atoms with Gasteiger partial charge in [0, 0.05) is 25.2 Å². The number of nitrogens with zero attached hydrogens (tertiary/aromatic N) is 2. The molecule has 2 aromatic rings. The van der Waals surface area contributed by atoms with Crippen LogP contribution in [0, 0.1) is 0 Å². The minimum atomic E-state index is -3.18. The topological polar surface area (TPSA) is 73.2 Å². The summed E-state index contributed by atoms with van der Waals surface area (Å²) in [5.74, 6) is 0. The summed E-state index contributed by atoms with van der Waals surface area (Å²) in [4.78, 5) is 9.38. The third-order valence-electron chi connectivity index (χ3n) is 3.83. The van der Waals surface area contributed by atoms with Crippen LogP contribution in [-0.4, -0.2) is 31.3 Å². The third-order valence-corrected chi connectivity index (χ3v) is 4.96. The largest absolute Gasteiger partial charge is 0.337 e. The predicted molar refractivity (Wildman–Crippen MR) is 98.4 cm³/mol. The Kier molecular flexibility index (Phi) is 7.21. The van der Waals surface area contributed by atoms with Crippen LogP contribution in [0.1, 0.15) is 31.2 Å². The molecule has 0 unspecified atom stereocenters. The highest BCUT2D eigenvalue weighted by Crippen LogP contribution is 2.17. The number of benzene rings is 1. The van der Waals surface area contributed by atoms with E-state index in [1.807, 2.05) is 12.5 Å². The van der Waals surface area contributed by atoms with Crippen molar-refractivity contribution in [1.82, 2.24) is 15.0 Å². The molecular formula is C18H25N3O3S. The van der Waals surface area contributed by atoms with E-state index in [-0.39, 0.29) is 0 Å². The third kappa shape index (κ3) is 6.36. The first-order chi connectivity index (χ1) is 12.0. The second-order valence-electron chi connectivity index (χ2n) is 5.87. The second-order valence-corrected chi connectivity index (χ2v) is 7.89. The molecule has 7 heteroatoms. The maximum Gasteiger partial charge on any atom is 0.175 e. The van der Waals surface area contributed by atoms with Gasteiger partial charge in [-0.25, -0.2) is 13.4 Å². The second kappa shape index (κ2) is 9.39. The number of hydrogen-bond acceptors (Lipinski definition) is 5. The molecule has 1 aromatic heterocycles. The summed E-state index contributed by atoms with van der Waals surface area (Å²) in [6.07, 6.45) is 13.1. The fraction of sp³-hybridized carbons (Fsp3) is 0.389. The molecule has 0 radical (unpaired) electrons. The van der Waals surface area contributed by atoms with E-state index >= 15 is 0 Å². The van der Waals surface area contributed by atoms with E-state index in [9.17, 15) is 8.42 Å². The SMILES string of the molecule is CONC(=CCCCCCn1ccnc1)c1ccc(S(C)(=O)=O)cc1. The molecule has 1 N–H and O–H groups in total. The van der Waals surface area contributed by atoms with E-state index in [4.69, 9.17) is 4.84 Å². The summed E-state index contributed by atoms with van der Waals surface area (Å²) < 4.78 is 25.2. The first kappa shape index (κ1) is 19.2. The molecule has 1 heterocycles. The van der Waals surface area contributed by atoms with Crippen molar-refractivity contribution in [1.29, 1.82) is 0 Å². The van der Waals surface area contributed by atoms with Crippen molar-refractivity contribution < 1.29 is 13.3 Å². The summed E-state index contributed by atoms with van der Waals surface area (Å²) in [5.41, 5.74) is 4.61. The summed E-state index contributed by atoms with van der Waals surface area (Å²) in [7, 11) is -1.62. The lowest BCUT2D eigenvalue weighted by atomic mass is 10.1. The van der Waals surface area contributed by atoms with Crippen molar-refractivity contribution in [2.24, 2.45) is 0 Å². The quantitative estimate of drug-likeness (QED) is 0.519. The number of aromatic nitrogens is 2. The molecule has 0 bridgehead atoms. The van der Waals surface area contributed by atoms with Crippen LogP contribution >= 0.6 is 0 Å². The number of rotatable bonds is 10. The van der Waals surface area contributed by atoms with Gasteiger partial charge in [0.1, 0.15) is 0 Å². The number of aryl methyl sites for hydroxylation is 1. The lowest BCUT2D eigenvalue weighted by Gasteiger charge is -2.10. The van der Waals surface area contributed by atoms with E-state index in [0.29, 0.717) is 4.90 Å². The number of sulfone groups is 1. The summed E-state index contributed by atoms with van der Waals surface area (Å²) >= 11 is 0. The van der Waals surface area contributed by atoms with Gasteiger partial charge in [-0.1, -0.05) is 24.6 Å². The maximum atomic E-state index is 11.5. The smallest absolute Gasteiger partial charge is 0.175 e. The van der Waals surface area contributed by atoms with E-state index in [2.05, 4.69) is 21.1 Å². The van der Waals surface area contributed by atoms with Crippen LogP contribution in [0.4, 0.5) is 0 Å². The molecule has 0 aliphatic carbocycles. The Bertz CT molecular complexity index is 766. The molecule has 25 heavy (non-hydrogen) atoms. The summed E-state index contributed by atoms with van der Waals surface area (Å²) in [5, 5.41) is 0. The molecule has 1 aromatic carbocycles. The standard InChI is InChI=1S/C18H25N3O3S/c1-24-20-18(16-8-10-17(11-9-16)25(2,22)23)7-5-3-4-6-13-21-14-12-19-15-21/h7-12,14-15,20H,3-6,13H2,1-2H3. The Morgan fingerprint density at radius 3 is 2.60 bits per heavy atom. The van der Waals surface area contributed by atoms with Crippen molar-refractivity contribution in [3.05, 3.63) is 54.6 Å².